The molecule has 0 bridgehead atoms. The number of aromatic nitrogens is 3. The molecule has 0 N–H and O–H groups in total. The predicted molar refractivity (Wildman–Crippen MR) is 88.5 cm³/mol. The van der Waals surface area contributed by atoms with Gasteiger partial charge >= 0.3 is 0 Å². The van der Waals surface area contributed by atoms with Crippen LogP contribution in [0.3, 0.4) is 0 Å². The summed E-state index contributed by atoms with van der Waals surface area (Å²) in [5, 5.41) is 8.67. The lowest BCUT2D eigenvalue weighted by molar-refractivity contribution is 0.102. The number of nitrogens with zero attached hydrogens (tertiary/aromatic N) is 3. The van der Waals surface area contributed by atoms with Gasteiger partial charge in [-0.25, -0.2) is 12.8 Å². The van der Waals surface area contributed by atoms with Crippen LogP contribution in [0.15, 0.2) is 29.4 Å². The van der Waals surface area contributed by atoms with Gasteiger partial charge in [0.2, 0.25) is 0 Å². The summed E-state index contributed by atoms with van der Waals surface area (Å²) in [5.41, 5.74) is 0.312. The van der Waals surface area contributed by atoms with E-state index in [1.807, 2.05) is 0 Å². The number of carbonyl (C=O) groups excluding carboxylic acids is 1. The molecule has 1 atom stereocenters. The van der Waals surface area contributed by atoms with E-state index >= 15 is 0 Å². The molecule has 2 aromatic rings. The molecule has 1 fully saturated rings. The maximum atomic E-state index is 13.2. The molecule has 6 nitrogen and oxygen atoms in total. The number of hydrogen-bond acceptors (Lipinski definition) is 6. The lowest BCUT2D eigenvalue weighted by Gasteiger charge is -2.07. The Morgan fingerprint density at radius 1 is 1.42 bits per heavy atom. The van der Waals surface area contributed by atoms with Crippen LogP contribution in [0.1, 0.15) is 28.5 Å². The normalized spacial score (nSPS) is 19.5. The average Bonchev–Trinajstić information content (AvgIpc) is 3.07. The molecule has 1 aromatic heterocycles. The smallest absolute Gasteiger partial charge is 0.191 e. The fourth-order valence-corrected chi connectivity index (χ4v) is 5.23. The third kappa shape index (κ3) is 3.67. The molecule has 1 aliphatic heterocycles. The first-order valence-electron chi connectivity index (χ1n) is 7.37. The van der Waals surface area contributed by atoms with Crippen LogP contribution >= 0.6 is 11.8 Å². The first-order chi connectivity index (χ1) is 11.4. The summed E-state index contributed by atoms with van der Waals surface area (Å²) in [7, 11) is -1.24. The summed E-state index contributed by atoms with van der Waals surface area (Å²) < 4.78 is 38.1. The Bertz CT molecular complexity index is 880. The summed E-state index contributed by atoms with van der Waals surface area (Å²) >= 11 is 1.20. The van der Waals surface area contributed by atoms with Crippen LogP contribution in [0.25, 0.3) is 0 Å². The molecule has 9 heteroatoms. The van der Waals surface area contributed by atoms with Gasteiger partial charge < -0.3 is 4.57 Å². The Labute approximate surface area is 143 Å². The van der Waals surface area contributed by atoms with Crippen molar-refractivity contribution in [1.29, 1.82) is 0 Å². The second kappa shape index (κ2) is 6.64. The van der Waals surface area contributed by atoms with E-state index in [0.29, 0.717) is 23.0 Å². The van der Waals surface area contributed by atoms with Crippen LogP contribution in [-0.4, -0.2) is 46.2 Å². The van der Waals surface area contributed by atoms with Crippen molar-refractivity contribution >= 4 is 27.4 Å². The zero-order chi connectivity index (χ0) is 17.3. The van der Waals surface area contributed by atoms with E-state index in [2.05, 4.69) is 10.2 Å². The van der Waals surface area contributed by atoms with Gasteiger partial charge in [0.05, 0.1) is 17.3 Å². The zero-order valence-corrected chi connectivity index (χ0v) is 14.6. The maximum absolute atomic E-state index is 13.2. The molecule has 1 aromatic carbocycles. The summed E-state index contributed by atoms with van der Waals surface area (Å²) in [5.74, 6) is 0.189. The van der Waals surface area contributed by atoms with Crippen molar-refractivity contribution in [2.45, 2.75) is 17.5 Å². The number of benzene rings is 1. The maximum Gasteiger partial charge on any atom is 0.191 e. The van der Waals surface area contributed by atoms with Crippen molar-refractivity contribution in [2.24, 2.45) is 7.05 Å². The van der Waals surface area contributed by atoms with Gasteiger partial charge in [-0.15, -0.1) is 10.2 Å². The fraction of sp³-hybridized carbons (Fsp3) is 0.400. The van der Waals surface area contributed by atoms with Crippen molar-refractivity contribution < 1.29 is 17.6 Å². The molecule has 0 aliphatic carbocycles. The highest BCUT2D eigenvalue weighted by molar-refractivity contribution is 7.99. The largest absolute Gasteiger partial charge is 0.309 e. The van der Waals surface area contributed by atoms with Crippen LogP contribution in [0.4, 0.5) is 4.39 Å². The number of Topliss-reactive ketones (excluding diaryl/α,β-unsaturated/α-hetero) is 1. The quantitative estimate of drug-likeness (QED) is 0.591. The molecule has 2 heterocycles. The minimum atomic E-state index is -2.99. The van der Waals surface area contributed by atoms with E-state index in [9.17, 15) is 17.6 Å². The highest BCUT2D eigenvalue weighted by Crippen LogP contribution is 2.29. The standard InChI is InChI=1S/C15H16FN3O3S2/c1-19-14(11-5-6-24(21,22)9-11)17-18-15(19)23-8-13(20)10-3-2-4-12(16)7-10/h2-4,7,11H,5-6,8-9H2,1H3/t11-/m1/s1. The lowest BCUT2D eigenvalue weighted by atomic mass is 10.1. The molecule has 0 unspecified atom stereocenters. The van der Waals surface area contributed by atoms with Crippen molar-refractivity contribution in [3.05, 3.63) is 41.5 Å². The second-order valence-corrected chi connectivity index (χ2v) is 8.89. The summed E-state index contributed by atoms with van der Waals surface area (Å²) in [4.78, 5) is 12.1. The van der Waals surface area contributed by atoms with E-state index in [1.165, 1.54) is 30.0 Å². The van der Waals surface area contributed by atoms with E-state index in [-0.39, 0.29) is 29.0 Å². The molecule has 0 radical (unpaired) electrons. The number of rotatable bonds is 5. The molecular weight excluding hydrogens is 353 g/mol. The van der Waals surface area contributed by atoms with Crippen LogP contribution in [-0.2, 0) is 16.9 Å². The summed E-state index contributed by atoms with van der Waals surface area (Å²) in [6.45, 7) is 0. The van der Waals surface area contributed by atoms with Gasteiger partial charge in [-0.05, 0) is 18.6 Å². The number of ketones is 1. The fourth-order valence-electron chi connectivity index (χ4n) is 2.68. The molecule has 24 heavy (non-hydrogen) atoms. The minimum absolute atomic E-state index is 0.0891. The summed E-state index contributed by atoms with van der Waals surface area (Å²) in [6.07, 6.45) is 0.543. The lowest BCUT2D eigenvalue weighted by Crippen LogP contribution is -2.09. The van der Waals surface area contributed by atoms with Crippen molar-refractivity contribution in [1.82, 2.24) is 14.8 Å². The molecule has 0 spiro atoms. The molecule has 3 rings (SSSR count). The van der Waals surface area contributed by atoms with Gasteiger partial charge in [-0.3, -0.25) is 4.79 Å². The monoisotopic (exact) mass is 369 g/mol. The van der Waals surface area contributed by atoms with E-state index < -0.39 is 15.7 Å². The van der Waals surface area contributed by atoms with Gasteiger partial charge in [-0.1, -0.05) is 23.9 Å². The van der Waals surface area contributed by atoms with Gasteiger partial charge in [0.1, 0.15) is 11.6 Å². The molecule has 1 aliphatic rings. The average molecular weight is 369 g/mol. The van der Waals surface area contributed by atoms with Crippen LogP contribution < -0.4 is 0 Å². The minimum Gasteiger partial charge on any atom is -0.309 e. The number of halogens is 1. The number of sulfone groups is 1. The highest BCUT2D eigenvalue weighted by Gasteiger charge is 2.32. The van der Waals surface area contributed by atoms with Gasteiger partial charge in [-0.2, -0.15) is 0 Å². The summed E-state index contributed by atoms with van der Waals surface area (Å²) in [6, 6.07) is 5.55. The van der Waals surface area contributed by atoms with E-state index in [0.717, 1.165) is 0 Å². The Balaban J connectivity index is 1.68. The number of thioether (sulfide) groups is 1. The van der Waals surface area contributed by atoms with Crippen molar-refractivity contribution in [2.75, 3.05) is 17.3 Å². The van der Waals surface area contributed by atoms with Crippen LogP contribution in [0, 0.1) is 5.82 Å². The molecule has 0 saturated carbocycles. The topological polar surface area (TPSA) is 81.9 Å². The number of carbonyl (C=O) groups is 1. The number of hydrogen-bond donors (Lipinski definition) is 0. The predicted octanol–water partition coefficient (Wildman–Crippen LogP) is 1.83. The molecular formula is C15H16FN3O3S2. The van der Waals surface area contributed by atoms with Gasteiger partial charge in [0, 0.05) is 18.5 Å². The SMILES string of the molecule is Cn1c(SCC(=O)c2cccc(F)c2)nnc1[C@@H]1CCS(=O)(=O)C1. The Morgan fingerprint density at radius 2 is 2.21 bits per heavy atom. The Hall–Kier alpha value is -1.74. The van der Waals surface area contributed by atoms with Crippen LogP contribution in [0.5, 0.6) is 0 Å². The first kappa shape index (κ1) is 17.1. The van der Waals surface area contributed by atoms with Gasteiger partial charge in [0.25, 0.3) is 0 Å². The van der Waals surface area contributed by atoms with Crippen LogP contribution in [0.2, 0.25) is 0 Å². The molecule has 128 valence electrons. The second-order valence-electron chi connectivity index (χ2n) is 5.72. The van der Waals surface area contributed by atoms with Crippen molar-refractivity contribution in [3.63, 3.8) is 0 Å². The van der Waals surface area contributed by atoms with E-state index in [4.69, 9.17) is 0 Å². The highest BCUT2D eigenvalue weighted by atomic mass is 32.2. The third-order valence-corrected chi connectivity index (χ3v) is 6.73. The van der Waals surface area contributed by atoms with Gasteiger partial charge in [0.15, 0.2) is 20.8 Å². The Morgan fingerprint density at radius 3 is 2.88 bits per heavy atom. The third-order valence-electron chi connectivity index (χ3n) is 3.95. The Kier molecular flexibility index (Phi) is 4.73. The zero-order valence-electron chi connectivity index (χ0n) is 13.0. The first-order valence-corrected chi connectivity index (χ1v) is 10.2. The van der Waals surface area contributed by atoms with Crippen molar-refractivity contribution in [3.8, 4) is 0 Å². The van der Waals surface area contributed by atoms with E-state index in [1.54, 1.807) is 17.7 Å². The molecule has 0 amide bonds. The molecule has 1 saturated heterocycles.